The van der Waals surface area contributed by atoms with Crippen molar-refractivity contribution in [3.8, 4) is 16.9 Å². The van der Waals surface area contributed by atoms with E-state index in [4.69, 9.17) is 28.2 Å². The molecule has 0 radical (unpaired) electrons. The maximum Gasteiger partial charge on any atom is 0.371 e. The fraction of sp³-hybridized carbons (Fsp3) is 0.290. The van der Waals surface area contributed by atoms with E-state index in [1.165, 1.54) is 46.9 Å². The third kappa shape index (κ3) is 6.73. The van der Waals surface area contributed by atoms with Gasteiger partial charge in [0, 0.05) is 11.1 Å². The third-order valence-corrected chi connectivity index (χ3v) is 11.8. The standard InChI is InChI=1S/C19H14O4.C12H20O4Si/c20-19(21)18-7-12(11-23-18)10-22-15-5-6-17-14(9-15)8-13-3-1-2-4-16(13)17;1-12(2,3)17(4,5)16-8-9-6-10(11(13)14)15-7-9/h1-7,9,11H,8,10H2,(H,20,21);6-7H,8H2,1-5H3,(H,13,14). The fourth-order valence-electron chi connectivity index (χ4n) is 3.99. The Morgan fingerprint density at radius 3 is 1.98 bits per heavy atom. The molecule has 2 aromatic carbocycles. The number of carboxylic acid groups (broad SMARTS) is 2. The number of rotatable bonds is 8. The Balaban J connectivity index is 0.000000195. The van der Waals surface area contributed by atoms with E-state index < -0.39 is 20.3 Å². The van der Waals surface area contributed by atoms with Crippen LogP contribution >= 0.6 is 0 Å². The molecule has 0 bridgehead atoms. The molecule has 0 fully saturated rings. The van der Waals surface area contributed by atoms with Gasteiger partial charge in [-0.3, -0.25) is 0 Å². The van der Waals surface area contributed by atoms with Crippen molar-refractivity contribution in [2.24, 2.45) is 0 Å². The van der Waals surface area contributed by atoms with E-state index in [-0.39, 0.29) is 23.2 Å². The normalized spacial score (nSPS) is 12.2. The second-order valence-corrected chi connectivity index (χ2v) is 16.0. The molecule has 2 heterocycles. The van der Waals surface area contributed by atoms with Gasteiger partial charge in [0.1, 0.15) is 12.4 Å². The highest BCUT2D eigenvalue weighted by Crippen LogP contribution is 2.38. The summed E-state index contributed by atoms with van der Waals surface area (Å²) >= 11 is 0. The van der Waals surface area contributed by atoms with Crippen LogP contribution in [0, 0.1) is 0 Å². The van der Waals surface area contributed by atoms with Crippen LogP contribution in [0.4, 0.5) is 0 Å². The highest BCUT2D eigenvalue weighted by Gasteiger charge is 2.37. The summed E-state index contributed by atoms with van der Waals surface area (Å²) in [7, 11) is -1.79. The number of hydrogen-bond donors (Lipinski definition) is 2. The van der Waals surface area contributed by atoms with Crippen LogP contribution in [0.5, 0.6) is 5.75 Å². The average Bonchev–Trinajstić information content (AvgIpc) is 3.64. The lowest BCUT2D eigenvalue weighted by atomic mass is 10.1. The molecule has 4 aromatic rings. The molecule has 8 nitrogen and oxygen atoms in total. The van der Waals surface area contributed by atoms with Crippen molar-refractivity contribution >= 4 is 20.3 Å². The Labute approximate surface area is 234 Å². The number of carboxylic acids is 2. The Kier molecular flexibility index (Phi) is 8.36. The zero-order valence-corrected chi connectivity index (χ0v) is 24.3. The van der Waals surface area contributed by atoms with E-state index in [1.807, 2.05) is 12.1 Å². The topological polar surface area (TPSA) is 119 Å². The highest BCUT2D eigenvalue weighted by molar-refractivity contribution is 6.74. The van der Waals surface area contributed by atoms with Gasteiger partial charge in [0.15, 0.2) is 8.32 Å². The molecule has 210 valence electrons. The van der Waals surface area contributed by atoms with E-state index in [0.717, 1.165) is 17.7 Å². The number of ether oxygens (including phenoxy) is 1. The van der Waals surface area contributed by atoms with Gasteiger partial charge in [0.25, 0.3) is 0 Å². The first-order valence-corrected chi connectivity index (χ1v) is 15.8. The van der Waals surface area contributed by atoms with E-state index in [9.17, 15) is 9.59 Å². The summed E-state index contributed by atoms with van der Waals surface area (Å²) < 4.78 is 21.6. The van der Waals surface area contributed by atoms with Crippen LogP contribution in [0.1, 0.15) is 64.1 Å². The lowest BCUT2D eigenvalue weighted by Gasteiger charge is -2.36. The van der Waals surface area contributed by atoms with E-state index in [1.54, 1.807) is 0 Å². The van der Waals surface area contributed by atoms with Gasteiger partial charge >= 0.3 is 11.9 Å². The molecule has 0 spiro atoms. The zero-order valence-electron chi connectivity index (χ0n) is 23.3. The monoisotopic (exact) mass is 562 g/mol. The van der Waals surface area contributed by atoms with Gasteiger partial charge < -0.3 is 28.2 Å². The molecule has 0 amide bonds. The number of aromatic carboxylic acids is 2. The van der Waals surface area contributed by atoms with Crippen molar-refractivity contribution in [3.05, 3.63) is 101 Å². The molecular formula is C31H34O8Si. The van der Waals surface area contributed by atoms with E-state index in [0.29, 0.717) is 12.2 Å². The smallest absolute Gasteiger partial charge is 0.371 e. The van der Waals surface area contributed by atoms with Crippen molar-refractivity contribution in [1.29, 1.82) is 0 Å². The summed E-state index contributed by atoms with van der Waals surface area (Å²) in [4.78, 5) is 21.4. The maximum atomic E-state index is 10.8. The van der Waals surface area contributed by atoms with Crippen LogP contribution in [-0.2, 0) is 24.1 Å². The lowest BCUT2D eigenvalue weighted by Crippen LogP contribution is -2.40. The lowest BCUT2D eigenvalue weighted by molar-refractivity contribution is 0.0652. The Morgan fingerprint density at radius 1 is 0.825 bits per heavy atom. The minimum absolute atomic E-state index is 0.0427. The van der Waals surface area contributed by atoms with Gasteiger partial charge in [-0.05, 0) is 71.1 Å². The summed E-state index contributed by atoms with van der Waals surface area (Å²) in [6.45, 7) is 11.5. The molecule has 5 rings (SSSR count). The minimum atomic E-state index is -1.79. The predicted octanol–water partition coefficient (Wildman–Crippen LogP) is 7.63. The molecular weight excluding hydrogens is 528 g/mol. The van der Waals surface area contributed by atoms with Crippen LogP contribution in [0.25, 0.3) is 11.1 Å². The number of fused-ring (bicyclic) bond motifs is 3. The van der Waals surface area contributed by atoms with E-state index in [2.05, 4.69) is 64.2 Å². The quantitative estimate of drug-likeness (QED) is 0.185. The minimum Gasteiger partial charge on any atom is -0.489 e. The van der Waals surface area contributed by atoms with Gasteiger partial charge in [-0.25, -0.2) is 9.59 Å². The van der Waals surface area contributed by atoms with Crippen LogP contribution < -0.4 is 4.74 Å². The van der Waals surface area contributed by atoms with Crippen molar-refractivity contribution in [3.63, 3.8) is 0 Å². The Morgan fingerprint density at radius 2 is 1.40 bits per heavy atom. The first kappa shape index (κ1) is 28.9. The summed E-state index contributed by atoms with van der Waals surface area (Å²) in [5.41, 5.74) is 6.60. The van der Waals surface area contributed by atoms with Gasteiger partial charge in [-0.15, -0.1) is 0 Å². The molecule has 9 heteroatoms. The Bertz CT molecular complexity index is 1510. The second kappa shape index (κ2) is 11.6. The number of furan rings is 2. The van der Waals surface area contributed by atoms with Gasteiger partial charge in [-0.2, -0.15) is 0 Å². The maximum absolute atomic E-state index is 10.8. The van der Waals surface area contributed by atoms with Crippen molar-refractivity contribution < 1.29 is 37.8 Å². The van der Waals surface area contributed by atoms with Crippen molar-refractivity contribution in [1.82, 2.24) is 0 Å². The second-order valence-electron chi connectivity index (χ2n) is 11.2. The Hall–Kier alpha value is -4.08. The fourth-order valence-corrected chi connectivity index (χ4v) is 4.95. The van der Waals surface area contributed by atoms with Gasteiger partial charge in [0.05, 0.1) is 19.1 Å². The summed E-state index contributed by atoms with van der Waals surface area (Å²) in [6, 6.07) is 17.5. The zero-order chi connectivity index (χ0) is 29.1. The van der Waals surface area contributed by atoms with Crippen LogP contribution in [0.15, 0.2) is 76.0 Å². The molecule has 0 saturated heterocycles. The van der Waals surface area contributed by atoms with Crippen LogP contribution in [-0.4, -0.2) is 30.5 Å². The van der Waals surface area contributed by atoms with E-state index >= 15 is 0 Å². The number of hydrogen-bond acceptors (Lipinski definition) is 6. The number of carbonyl (C=O) groups is 2. The molecule has 0 unspecified atom stereocenters. The summed E-state index contributed by atoms with van der Waals surface area (Å²) in [5, 5.41) is 17.7. The first-order chi connectivity index (χ1) is 18.8. The molecule has 2 aromatic heterocycles. The summed E-state index contributed by atoms with van der Waals surface area (Å²) in [6.07, 6.45) is 3.76. The van der Waals surface area contributed by atoms with Crippen LogP contribution in [0.3, 0.4) is 0 Å². The predicted molar refractivity (Wildman–Crippen MR) is 152 cm³/mol. The van der Waals surface area contributed by atoms with Crippen LogP contribution in [0.2, 0.25) is 18.1 Å². The summed E-state index contributed by atoms with van der Waals surface area (Å²) in [5.74, 6) is -1.48. The van der Waals surface area contributed by atoms with Gasteiger partial charge in [0.2, 0.25) is 11.5 Å². The van der Waals surface area contributed by atoms with Crippen molar-refractivity contribution in [2.45, 2.75) is 58.5 Å². The van der Waals surface area contributed by atoms with Gasteiger partial charge in [-0.1, -0.05) is 51.1 Å². The molecule has 40 heavy (non-hydrogen) atoms. The largest absolute Gasteiger partial charge is 0.489 e. The molecule has 0 aliphatic heterocycles. The SMILES string of the molecule is CC(C)(C)[Si](C)(C)OCc1coc(C(=O)O)c1.O=C(O)c1cc(COc2ccc3c(c2)Cc2ccccc2-3)co1. The molecule has 0 saturated carbocycles. The third-order valence-electron chi connectivity index (χ3n) is 7.31. The average molecular weight is 563 g/mol. The van der Waals surface area contributed by atoms with Crippen molar-refractivity contribution in [2.75, 3.05) is 0 Å². The molecule has 1 aliphatic rings. The number of benzene rings is 2. The molecule has 1 aliphatic carbocycles. The highest BCUT2D eigenvalue weighted by atomic mass is 28.4. The molecule has 0 atom stereocenters. The molecule has 2 N–H and O–H groups in total. The first-order valence-electron chi connectivity index (χ1n) is 12.9.